The predicted octanol–water partition coefficient (Wildman–Crippen LogP) is 2.48. The lowest BCUT2D eigenvalue weighted by Gasteiger charge is -2.12. The molecule has 0 amide bonds. The van der Waals surface area contributed by atoms with E-state index in [4.69, 9.17) is 4.74 Å². The van der Waals surface area contributed by atoms with Crippen LogP contribution in [-0.2, 0) is 4.74 Å². The minimum absolute atomic E-state index is 0.124. The molecule has 0 aliphatic carbocycles. The zero-order valence-electron chi connectivity index (χ0n) is 14.5. The number of esters is 1. The number of fused-ring (bicyclic) bond motifs is 1. The van der Waals surface area contributed by atoms with Crippen molar-refractivity contribution in [3.05, 3.63) is 58.7 Å². The Kier molecular flexibility index (Phi) is 4.31. The van der Waals surface area contributed by atoms with Gasteiger partial charge in [-0.25, -0.2) is 14.3 Å². The molecule has 0 aliphatic heterocycles. The number of ether oxygens (including phenoxy) is 1. The molecule has 1 aromatic carbocycles. The summed E-state index contributed by atoms with van der Waals surface area (Å²) in [6, 6.07) is 7.14. The van der Waals surface area contributed by atoms with Gasteiger partial charge in [0.15, 0.2) is 6.10 Å². The lowest BCUT2D eigenvalue weighted by Crippen LogP contribution is -2.25. The molecule has 0 saturated heterocycles. The number of ketones is 1. The average Bonchev–Trinajstić information content (AvgIpc) is 3.02. The first-order chi connectivity index (χ1) is 11.9. The molecule has 0 unspecified atom stereocenters. The smallest absolute Gasteiger partial charge is 0.379 e. The maximum Gasteiger partial charge on any atom is 0.379 e. The summed E-state index contributed by atoms with van der Waals surface area (Å²) in [6.45, 7) is 7.26. The third-order valence-electron chi connectivity index (χ3n) is 4.06. The standard InChI is InChI=1S/C18H18N4O3/c1-10-5-6-14(9-11(10)2)15(23)13(4)25-17(24)16-20-18-19-8-7-12(3)22(18)21-16/h5-9,13H,1-4H3/t13-/m0/s1. The van der Waals surface area contributed by atoms with Crippen molar-refractivity contribution < 1.29 is 14.3 Å². The number of Topliss-reactive ketones (excluding diaryl/α,β-unsaturated/α-hetero) is 1. The maximum absolute atomic E-state index is 12.5. The minimum atomic E-state index is -0.935. The lowest BCUT2D eigenvalue weighted by atomic mass is 10.0. The van der Waals surface area contributed by atoms with Crippen LogP contribution < -0.4 is 0 Å². The molecule has 128 valence electrons. The molecule has 2 aromatic heterocycles. The summed E-state index contributed by atoms with van der Waals surface area (Å²) in [5.74, 6) is -0.842. The molecule has 7 nitrogen and oxygen atoms in total. The van der Waals surface area contributed by atoms with Crippen LogP contribution in [0.15, 0.2) is 30.5 Å². The monoisotopic (exact) mass is 338 g/mol. The van der Waals surface area contributed by atoms with Gasteiger partial charge < -0.3 is 4.74 Å². The van der Waals surface area contributed by atoms with Crippen LogP contribution in [0.4, 0.5) is 0 Å². The van der Waals surface area contributed by atoms with Crippen molar-refractivity contribution in [2.24, 2.45) is 0 Å². The summed E-state index contributed by atoms with van der Waals surface area (Å²) >= 11 is 0. The number of aryl methyl sites for hydroxylation is 3. The predicted molar refractivity (Wildman–Crippen MR) is 90.6 cm³/mol. The van der Waals surface area contributed by atoms with E-state index in [1.807, 2.05) is 26.8 Å². The van der Waals surface area contributed by atoms with Gasteiger partial charge in [-0.3, -0.25) is 4.79 Å². The van der Waals surface area contributed by atoms with Gasteiger partial charge in [-0.2, -0.15) is 4.98 Å². The summed E-state index contributed by atoms with van der Waals surface area (Å²) in [6.07, 6.45) is 0.649. The van der Waals surface area contributed by atoms with Crippen molar-refractivity contribution >= 4 is 17.5 Å². The van der Waals surface area contributed by atoms with Crippen LogP contribution in [0.1, 0.15) is 44.7 Å². The molecule has 25 heavy (non-hydrogen) atoms. The molecule has 7 heteroatoms. The Morgan fingerprint density at radius 1 is 1.12 bits per heavy atom. The number of hydrogen-bond donors (Lipinski definition) is 0. The Labute approximate surface area is 144 Å². The van der Waals surface area contributed by atoms with Crippen LogP contribution >= 0.6 is 0 Å². The number of hydrogen-bond acceptors (Lipinski definition) is 6. The Bertz CT molecular complexity index is 978. The Hall–Kier alpha value is -3.09. The quantitative estimate of drug-likeness (QED) is 0.536. The molecular weight excluding hydrogens is 320 g/mol. The van der Waals surface area contributed by atoms with Crippen LogP contribution in [0.2, 0.25) is 0 Å². The average molecular weight is 338 g/mol. The fourth-order valence-corrected chi connectivity index (χ4v) is 2.39. The van der Waals surface area contributed by atoms with Crippen molar-refractivity contribution in [3.8, 4) is 0 Å². The molecular formula is C18H18N4O3. The van der Waals surface area contributed by atoms with Crippen molar-refractivity contribution in [2.45, 2.75) is 33.8 Å². The van der Waals surface area contributed by atoms with Crippen LogP contribution in [0.5, 0.6) is 0 Å². The molecule has 0 N–H and O–H groups in total. The van der Waals surface area contributed by atoms with Gasteiger partial charge in [0.25, 0.3) is 11.6 Å². The van der Waals surface area contributed by atoms with E-state index in [0.717, 1.165) is 16.8 Å². The van der Waals surface area contributed by atoms with Gasteiger partial charge in [0.05, 0.1) is 0 Å². The fraction of sp³-hybridized carbons (Fsp3) is 0.278. The third kappa shape index (κ3) is 3.26. The van der Waals surface area contributed by atoms with Crippen molar-refractivity contribution in [2.75, 3.05) is 0 Å². The SMILES string of the molecule is Cc1ccc(C(=O)[C@H](C)OC(=O)c2nc3nccc(C)n3n2)cc1C. The molecule has 3 aromatic rings. The highest BCUT2D eigenvalue weighted by atomic mass is 16.5. The van der Waals surface area contributed by atoms with E-state index in [1.165, 1.54) is 11.4 Å². The summed E-state index contributed by atoms with van der Waals surface area (Å²) in [5.41, 5.74) is 3.39. The number of carbonyl (C=O) groups is 2. The van der Waals surface area contributed by atoms with Crippen molar-refractivity contribution in [1.29, 1.82) is 0 Å². The zero-order valence-corrected chi connectivity index (χ0v) is 14.5. The second kappa shape index (κ2) is 6.43. The highest BCUT2D eigenvalue weighted by Gasteiger charge is 2.23. The van der Waals surface area contributed by atoms with E-state index >= 15 is 0 Å². The van der Waals surface area contributed by atoms with Gasteiger partial charge in [-0.1, -0.05) is 12.1 Å². The number of nitrogens with zero attached hydrogens (tertiary/aromatic N) is 4. The molecule has 0 bridgehead atoms. The summed E-state index contributed by atoms with van der Waals surface area (Å²) in [5, 5.41) is 4.08. The van der Waals surface area contributed by atoms with E-state index in [2.05, 4.69) is 15.1 Å². The maximum atomic E-state index is 12.5. The number of rotatable bonds is 4. The van der Waals surface area contributed by atoms with E-state index in [0.29, 0.717) is 11.3 Å². The van der Waals surface area contributed by atoms with Gasteiger partial charge >= 0.3 is 5.97 Å². The van der Waals surface area contributed by atoms with Crippen molar-refractivity contribution in [1.82, 2.24) is 19.6 Å². The number of carbonyl (C=O) groups excluding carboxylic acids is 2. The van der Waals surface area contributed by atoms with Gasteiger partial charge in [0.2, 0.25) is 5.78 Å². The summed E-state index contributed by atoms with van der Waals surface area (Å²) in [7, 11) is 0. The zero-order chi connectivity index (χ0) is 18.1. The van der Waals surface area contributed by atoms with Crippen LogP contribution in [0.3, 0.4) is 0 Å². The first kappa shape index (κ1) is 16.8. The Morgan fingerprint density at radius 3 is 2.56 bits per heavy atom. The van der Waals surface area contributed by atoms with Gasteiger partial charge in [-0.15, -0.1) is 5.10 Å². The minimum Gasteiger partial charge on any atom is -0.448 e. The Morgan fingerprint density at radius 2 is 1.88 bits per heavy atom. The fourth-order valence-electron chi connectivity index (χ4n) is 2.39. The molecule has 2 heterocycles. The van der Waals surface area contributed by atoms with Crippen molar-refractivity contribution in [3.63, 3.8) is 0 Å². The first-order valence-corrected chi connectivity index (χ1v) is 7.87. The highest BCUT2D eigenvalue weighted by molar-refractivity contribution is 6.01. The van der Waals surface area contributed by atoms with E-state index in [1.54, 1.807) is 24.4 Å². The normalized spacial score (nSPS) is 12.2. The van der Waals surface area contributed by atoms with E-state index in [9.17, 15) is 9.59 Å². The van der Waals surface area contributed by atoms with Gasteiger partial charge in [0.1, 0.15) is 0 Å². The number of aromatic nitrogens is 4. The van der Waals surface area contributed by atoms with Crippen LogP contribution in [0, 0.1) is 20.8 Å². The second-order valence-electron chi connectivity index (χ2n) is 5.94. The molecule has 0 fully saturated rings. The van der Waals surface area contributed by atoms with Gasteiger partial charge in [-0.05, 0) is 51.0 Å². The van der Waals surface area contributed by atoms with Gasteiger partial charge in [0, 0.05) is 17.5 Å². The molecule has 0 aliphatic rings. The summed E-state index contributed by atoms with van der Waals surface area (Å²) in [4.78, 5) is 32.8. The molecule has 0 radical (unpaired) electrons. The highest BCUT2D eigenvalue weighted by Crippen LogP contribution is 2.14. The van der Waals surface area contributed by atoms with Crippen LogP contribution in [-0.4, -0.2) is 37.4 Å². The van der Waals surface area contributed by atoms with Crippen LogP contribution in [0.25, 0.3) is 5.78 Å². The topological polar surface area (TPSA) is 86.5 Å². The molecule has 1 atom stereocenters. The lowest BCUT2D eigenvalue weighted by molar-refractivity contribution is 0.0307. The number of benzene rings is 1. The Balaban J connectivity index is 1.77. The first-order valence-electron chi connectivity index (χ1n) is 7.87. The largest absolute Gasteiger partial charge is 0.448 e. The summed E-state index contributed by atoms with van der Waals surface area (Å²) < 4.78 is 6.69. The van der Waals surface area contributed by atoms with E-state index in [-0.39, 0.29) is 11.6 Å². The molecule has 0 spiro atoms. The molecule has 3 rings (SSSR count). The molecule has 0 saturated carbocycles. The second-order valence-corrected chi connectivity index (χ2v) is 5.94. The third-order valence-corrected chi connectivity index (χ3v) is 4.06. The van der Waals surface area contributed by atoms with E-state index < -0.39 is 12.1 Å².